The maximum absolute atomic E-state index is 12.3. The van der Waals surface area contributed by atoms with E-state index in [1.807, 2.05) is 6.07 Å². The highest BCUT2D eigenvalue weighted by molar-refractivity contribution is 9.10. The third-order valence-corrected chi connectivity index (χ3v) is 4.32. The molecule has 0 unspecified atom stereocenters. The summed E-state index contributed by atoms with van der Waals surface area (Å²) in [7, 11) is 2.87. The van der Waals surface area contributed by atoms with E-state index in [9.17, 15) is 20.2 Å². The van der Waals surface area contributed by atoms with Gasteiger partial charge in [0.05, 0.1) is 23.6 Å². The summed E-state index contributed by atoms with van der Waals surface area (Å²) >= 11 is 3.20. The lowest BCUT2D eigenvalue weighted by molar-refractivity contribution is -0.385. The Kier molecular flexibility index (Phi) is 7.12. The highest BCUT2D eigenvalue weighted by Crippen LogP contribution is 2.36. The van der Waals surface area contributed by atoms with E-state index in [0.717, 1.165) is 5.56 Å². The van der Waals surface area contributed by atoms with Crippen LogP contribution in [0.15, 0.2) is 46.4 Å². The highest BCUT2D eigenvalue weighted by atomic mass is 79.9. The first-order valence-electron chi connectivity index (χ1n) is 7.94. The van der Waals surface area contributed by atoms with Crippen LogP contribution in [0, 0.1) is 21.4 Å². The van der Waals surface area contributed by atoms with Crippen LogP contribution in [-0.2, 0) is 11.3 Å². The van der Waals surface area contributed by atoms with Crippen LogP contribution < -0.4 is 14.8 Å². The molecule has 144 valence electrons. The fourth-order valence-corrected chi connectivity index (χ4v) is 2.99. The normalized spacial score (nSPS) is 10.7. The number of ether oxygens (including phenoxy) is 2. The third-order valence-electron chi connectivity index (χ3n) is 3.74. The van der Waals surface area contributed by atoms with Gasteiger partial charge in [-0.2, -0.15) is 5.26 Å². The van der Waals surface area contributed by atoms with Gasteiger partial charge >= 0.3 is 5.69 Å². The van der Waals surface area contributed by atoms with Crippen LogP contribution >= 0.6 is 15.9 Å². The van der Waals surface area contributed by atoms with Crippen molar-refractivity contribution in [2.24, 2.45) is 0 Å². The van der Waals surface area contributed by atoms with Crippen LogP contribution in [0.5, 0.6) is 11.5 Å². The molecule has 2 rings (SSSR count). The molecule has 0 radical (unpaired) electrons. The number of amides is 1. The molecular weight excluding hydrogens is 430 g/mol. The molecule has 0 atom stereocenters. The molecule has 9 heteroatoms. The number of rotatable bonds is 7. The predicted molar refractivity (Wildman–Crippen MR) is 106 cm³/mol. The van der Waals surface area contributed by atoms with E-state index in [-0.39, 0.29) is 23.6 Å². The fourth-order valence-electron chi connectivity index (χ4n) is 2.36. The Morgan fingerprint density at radius 2 is 1.96 bits per heavy atom. The summed E-state index contributed by atoms with van der Waals surface area (Å²) in [4.78, 5) is 22.9. The summed E-state index contributed by atoms with van der Waals surface area (Å²) in [5, 5.41) is 23.2. The standard InChI is InChI=1S/C19H16BrN3O5/c1-27-15-5-3-12(4-6-15)11-22-19(24)14(10-21)7-13-8-16(20)18(28-2)17(9-13)23(25)26/h3-9H,11H2,1-2H3,(H,22,24)/b14-7-. The van der Waals surface area contributed by atoms with E-state index in [4.69, 9.17) is 9.47 Å². The van der Waals surface area contributed by atoms with Gasteiger partial charge in [-0.25, -0.2) is 0 Å². The van der Waals surface area contributed by atoms with Gasteiger partial charge in [-0.3, -0.25) is 14.9 Å². The van der Waals surface area contributed by atoms with Crippen molar-refractivity contribution in [1.82, 2.24) is 5.32 Å². The summed E-state index contributed by atoms with van der Waals surface area (Å²) in [6.07, 6.45) is 1.28. The van der Waals surface area contributed by atoms with Crippen molar-refractivity contribution in [1.29, 1.82) is 5.26 Å². The van der Waals surface area contributed by atoms with E-state index in [1.54, 1.807) is 31.4 Å². The second kappa shape index (κ2) is 9.53. The Morgan fingerprint density at radius 1 is 1.29 bits per heavy atom. The Labute approximate surface area is 169 Å². The number of carbonyl (C=O) groups is 1. The zero-order chi connectivity index (χ0) is 20.7. The summed E-state index contributed by atoms with van der Waals surface area (Å²) in [6, 6.07) is 11.7. The summed E-state index contributed by atoms with van der Waals surface area (Å²) in [6.45, 7) is 0.217. The highest BCUT2D eigenvalue weighted by Gasteiger charge is 2.20. The molecule has 0 saturated heterocycles. The minimum atomic E-state index is -0.600. The lowest BCUT2D eigenvalue weighted by Crippen LogP contribution is -2.23. The lowest BCUT2D eigenvalue weighted by atomic mass is 10.1. The van der Waals surface area contributed by atoms with Gasteiger partial charge in [0, 0.05) is 12.6 Å². The van der Waals surface area contributed by atoms with Crippen molar-refractivity contribution in [3.8, 4) is 17.6 Å². The number of halogens is 1. The molecule has 1 amide bonds. The molecular formula is C19H16BrN3O5. The van der Waals surface area contributed by atoms with Crippen molar-refractivity contribution in [3.63, 3.8) is 0 Å². The molecule has 0 saturated carbocycles. The Balaban J connectivity index is 2.21. The van der Waals surface area contributed by atoms with Crippen LogP contribution in [-0.4, -0.2) is 25.1 Å². The Morgan fingerprint density at radius 3 is 2.50 bits per heavy atom. The number of nitrogens with one attached hydrogen (secondary N) is 1. The van der Waals surface area contributed by atoms with Crippen LogP contribution in [0.2, 0.25) is 0 Å². The SMILES string of the molecule is COc1ccc(CNC(=O)/C(C#N)=C\c2cc(Br)c(OC)c([N+](=O)[O-])c2)cc1. The molecule has 8 nitrogen and oxygen atoms in total. The second-order valence-electron chi connectivity index (χ2n) is 5.51. The van der Waals surface area contributed by atoms with Gasteiger partial charge in [0.1, 0.15) is 17.4 Å². The molecule has 2 aromatic rings. The topological polar surface area (TPSA) is 114 Å². The largest absolute Gasteiger partial charge is 0.497 e. The molecule has 0 aromatic heterocycles. The molecule has 28 heavy (non-hydrogen) atoms. The quantitative estimate of drug-likeness (QED) is 0.301. The molecule has 0 aliphatic rings. The number of benzene rings is 2. The predicted octanol–water partition coefficient (Wildman–Crippen LogP) is 3.60. The van der Waals surface area contributed by atoms with Crippen LogP contribution in [0.3, 0.4) is 0 Å². The Bertz CT molecular complexity index is 965. The third kappa shape index (κ3) is 5.08. The van der Waals surface area contributed by atoms with Crippen molar-refractivity contribution in [3.05, 3.63) is 67.7 Å². The van der Waals surface area contributed by atoms with E-state index >= 15 is 0 Å². The van der Waals surface area contributed by atoms with E-state index in [2.05, 4.69) is 21.2 Å². The maximum atomic E-state index is 12.3. The molecule has 0 aliphatic heterocycles. The number of carbonyl (C=O) groups excluding carboxylic acids is 1. The van der Waals surface area contributed by atoms with E-state index < -0.39 is 10.8 Å². The minimum Gasteiger partial charge on any atom is -0.497 e. The molecule has 0 bridgehead atoms. The second-order valence-corrected chi connectivity index (χ2v) is 6.37. The molecule has 0 fully saturated rings. The number of nitrogens with zero attached hydrogens (tertiary/aromatic N) is 2. The minimum absolute atomic E-state index is 0.0598. The number of hydrogen-bond donors (Lipinski definition) is 1. The zero-order valence-electron chi connectivity index (χ0n) is 15.1. The molecule has 0 aliphatic carbocycles. The number of nitriles is 1. The number of nitro benzene ring substituents is 1. The van der Waals surface area contributed by atoms with Crippen LogP contribution in [0.25, 0.3) is 6.08 Å². The van der Waals surface area contributed by atoms with Crippen LogP contribution in [0.4, 0.5) is 5.69 Å². The average Bonchev–Trinajstić information content (AvgIpc) is 2.70. The number of methoxy groups -OCH3 is 2. The van der Waals surface area contributed by atoms with Gasteiger partial charge in [-0.15, -0.1) is 0 Å². The average molecular weight is 446 g/mol. The molecule has 1 N–H and O–H groups in total. The first-order chi connectivity index (χ1) is 13.4. The van der Waals surface area contributed by atoms with Gasteiger partial charge in [0.25, 0.3) is 5.91 Å². The lowest BCUT2D eigenvalue weighted by Gasteiger charge is -2.07. The molecule has 0 spiro atoms. The summed E-state index contributed by atoms with van der Waals surface area (Å²) in [5.41, 5.74) is 0.684. The van der Waals surface area contributed by atoms with Crippen molar-refractivity contribution in [2.45, 2.75) is 6.54 Å². The zero-order valence-corrected chi connectivity index (χ0v) is 16.6. The fraction of sp³-hybridized carbons (Fsp3) is 0.158. The number of hydrogen-bond acceptors (Lipinski definition) is 6. The smallest absolute Gasteiger partial charge is 0.312 e. The monoisotopic (exact) mass is 445 g/mol. The van der Waals surface area contributed by atoms with E-state index in [1.165, 1.54) is 25.3 Å². The van der Waals surface area contributed by atoms with Gasteiger partial charge in [0.15, 0.2) is 0 Å². The van der Waals surface area contributed by atoms with Gasteiger partial charge in [0.2, 0.25) is 5.75 Å². The van der Waals surface area contributed by atoms with E-state index in [0.29, 0.717) is 15.8 Å². The van der Waals surface area contributed by atoms with Gasteiger partial charge < -0.3 is 14.8 Å². The van der Waals surface area contributed by atoms with Crippen molar-refractivity contribution in [2.75, 3.05) is 14.2 Å². The first kappa shape index (κ1) is 20.9. The Hall–Kier alpha value is -3.38. The number of nitro groups is 1. The van der Waals surface area contributed by atoms with Crippen molar-refractivity contribution >= 4 is 33.6 Å². The van der Waals surface area contributed by atoms with Gasteiger partial charge in [-0.1, -0.05) is 12.1 Å². The molecule has 0 heterocycles. The van der Waals surface area contributed by atoms with Crippen LogP contribution in [0.1, 0.15) is 11.1 Å². The first-order valence-corrected chi connectivity index (χ1v) is 8.73. The molecule has 2 aromatic carbocycles. The van der Waals surface area contributed by atoms with Gasteiger partial charge in [-0.05, 0) is 51.3 Å². The summed E-state index contributed by atoms with van der Waals surface area (Å²) < 4.78 is 10.4. The maximum Gasteiger partial charge on any atom is 0.312 e. The summed E-state index contributed by atoms with van der Waals surface area (Å²) in [5.74, 6) is 0.164. The van der Waals surface area contributed by atoms with Crippen molar-refractivity contribution < 1.29 is 19.2 Å².